The number of hydrogen-bond donors (Lipinski definition) is 1. The first-order chi connectivity index (χ1) is 14.6. The van der Waals surface area contributed by atoms with Gasteiger partial charge in [0.2, 0.25) is 15.9 Å². The molecule has 5 atom stereocenters. The Balaban J connectivity index is 1.50. The number of nitrogens with zero attached hydrogens (tertiary/aromatic N) is 1. The van der Waals surface area contributed by atoms with E-state index in [-0.39, 0.29) is 29.2 Å². The van der Waals surface area contributed by atoms with Gasteiger partial charge in [-0.2, -0.15) is 0 Å². The molecule has 31 heavy (non-hydrogen) atoms. The Kier molecular flexibility index (Phi) is 5.99. The Labute approximate surface area is 186 Å². The molecule has 0 radical (unpaired) electrons. The minimum Gasteiger partial charge on any atom is -0.390 e. The smallest absolute Gasteiger partial charge is 0.242 e. The molecule has 1 amide bonds. The summed E-state index contributed by atoms with van der Waals surface area (Å²) in [5.74, 6) is -0.706. The van der Waals surface area contributed by atoms with E-state index in [9.17, 15) is 18.3 Å². The van der Waals surface area contributed by atoms with Crippen molar-refractivity contribution < 1.29 is 23.1 Å². The lowest BCUT2D eigenvalue weighted by Crippen LogP contribution is -2.49. The lowest BCUT2D eigenvalue weighted by Gasteiger charge is -2.37. The van der Waals surface area contributed by atoms with E-state index in [0.29, 0.717) is 25.4 Å². The number of aliphatic hydroxyl groups is 1. The summed E-state index contributed by atoms with van der Waals surface area (Å²) in [5, 5.41) is 10.8. The van der Waals surface area contributed by atoms with Crippen molar-refractivity contribution in [2.24, 2.45) is 22.7 Å². The quantitative estimate of drug-likeness (QED) is 0.658. The molecule has 172 valence electrons. The zero-order valence-corrected chi connectivity index (χ0v) is 19.6. The first-order valence-electron chi connectivity index (χ1n) is 11.5. The van der Waals surface area contributed by atoms with Crippen LogP contribution in [0, 0.1) is 22.7 Å². The monoisotopic (exact) mass is 449 g/mol. The molecule has 2 aliphatic carbocycles. The second-order valence-corrected chi connectivity index (χ2v) is 12.1. The third kappa shape index (κ3) is 3.62. The zero-order chi connectivity index (χ0) is 22.4. The molecule has 1 N–H and O–H groups in total. The summed E-state index contributed by atoms with van der Waals surface area (Å²) < 4.78 is 33.3. The van der Waals surface area contributed by atoms with Crippen LogP contribution in [0.2, 0.25) is 0 Å². The summed E-state index contributed by atoms with van der Waals surface area (Å²) in [6.07, 6.45) is 2.73. The van der Waals surface area contributed by atoms with Gasteiger partial charge in [0.05, 0.1) is 37.0 Å². The highest BCUT2D eigenvalue weighted by atomic mass is 32.2. The van der Waals surface area contributed by atoms with Crippen molar-refractivity contribution in [1.82, 2.24) is 4.31 Å². The first-order valence-corrected chi connectivity index (χ1v) is 13.1. The van der Waals surface area contributed by atoms with Crippen molar-refractivity contribution >= 4 is 15.9 Å². The fourth-order valence-electron chi connectivity index (χ4n) is 6.52. The Morgan fingerprint density at radius 1 is 1.29 bits per heavy atom. The third-order valence-corrected chi connectivity index (χ3v) is 10.3. The van der Waals surface area contributed by atoms with Crippen LogP contribution >= 0.6 is 0 Å². The number of carbonyl (C=O) groups excluding carboxylic acids is 1. The number of amides is 1. The minimum atomic E-state index is -3.69. The SMILES string of the molecule is CCC[C@H](C(=O)N1[C@@H]2C[C@H]3CC[C@]2(CS1(=O)=O)C3(C)C)[C@@H](O)COCc1ccccc1. The summed E-state index contributed by atoms with van der Waals surface area (Å²) in [6, 6.07) is 9.37. The molecule has 1 saturated heterocycles. The molecule has 1 aliphatic heterocycles. The van der Waals surface area contributed by atoms with Crippen molar-refractivity contribution in [3.8, 4) is 0 Å². The Morgan fingerprint density at radius 2 is 2.00 bits per heavy atom. The van der Waals surface area contributed by atoms with Crippen LogP contribution in [-0.2, 0) is 26.2 Å². The van der Waals surface area contributed by atoms with E-state index in [0.717, 1.165) is 24.8 Å². The number of ether oxygens (including phenoxy) is 1. The number of carbonyl (C=O) groups is 1. The highest BCUT2D eigenvalue weighted by Crippen LogP contribution is 2.70. The molecule has 1 aromatic carbocycles. The van der Waals surface area contributed by atoms with E-state index in [4.69, 9.17) is 4.74 Å². The van der Waals surface area contributed by atoms with Gasteiger partial charge in [-0.3, -0.25) is 4.79 Å². The van der Waals surface area contributed by atoms with Crippen molar-refractivity contribution in [3.63, 3.8) is 0 Å². The zero-order valence-electron chi connectivity index (χ0n) is 18.8. The molecule has 3 aliphatic rings. The second kappa shape index (κ2) is 8.16. The van der Waals surface area contributed by atoms with Crippen molar-refractivity contribution in [1.29, 1.82) is 0 Å². The molecule has 2 bridgehead atoms. The summed E-state index contributed by atoms with van der Waals surface area (Å²) >= 11 is 0. The largest absolute Gasteiger partial charge is 0.390 e. The Bertz CT molecular complexity index is 915. The van der Waals surface area contributed by atoms with Crippen LogP contribution in [0.5, 0.6) is 0 Å². The van der Waals surface area contributed by atoms with Gasteiger partial charge in [-0.05, 0) is 42.6 Å². The standard InChI is InChI=1S/C24H35NO5S/c1-4-8-19(20(26)15-30-14-17-9-6-5-7-10-17)22(27)25-21-13-18-11-12-24(21,23(18,2)3)16-31(25,28)29/h5-7,9-10,18-21,26H,4,8,11-16H2,1-3H3/t18-,19+,20+,21-,24-/m1/s1. The highest BCUT2D eigenvalue weighted by Gasteiger charge is 2.72. The number of rotatable bonds is 8. The maximum Gasteiger partial charge on any atom is 0.242 e. The molecule has 0 unspecified atom stereocenters. The van der Waals surface area contributed by atoms with Crippen LogP contribution in [0.1, 0.15) is 58.4 Å². The molecule has 1 spiro atoms. The van der Waals surface area contributed by atoms with Crippen LogP contribution < -0.4 is 0 Å². The van der Waals surface area contributed by atoms with Gasteiger partial charge in [0.1, 0.15) is 0 Å². The fraction of sp³-hybridized carbons (Fsp3) is 0.708. The van der Waals surface area contributed by atoms with E-state index in [1.165, 1.54) is 4.31 Å². The molecular formula is C24H35NO5S. The number of hydrogen-bond acceptors (Lipinski definition) is 5. The molecule has 0 aromatic heterocycles. The van der Waals surface area contributed by atoms with Gasteiger partial charge < -0.3 is 9.84 Å². The lowest BCUT2D eigenvalue weighted by atomic mass is 9.69. The number of sulfonamides is 1. The van der Waals surface area contributed by atoms with Crippen molar-refractivity contribution in [2.75, 3.05) is 12.4 Å². The summed E-state index contributed by atoms with van der Waals surface area (Å²) in [4.78, 5) is 13.6. The average Bonchev–Trinajstić information content (AvgIpc) is 3.20. The van der Waals surface area contributed by atoms with Gasteiger partial charge >= 0.3 is 0 Å². The topological polar surface area (TPSA) is 83.9 Å². The van der Waals surface area contributed by atoms with Crippen molar-refractivity contribution in [2.45, 2.75) is 71.6 Å². The molecule has 4 rings (SSSR count). The summed E-state index contributed by atoms with van der Waals surface area (Å²) in [6.45, 7) is 6.63. The maximum absolute atomic E-state index is 13.6. The van der Waals surface area contributed by atoms with E-state index in [2.05, 4.69) is 13.8 Å². The van der Waals surface area contributed by atoms with Gasteiger partial charge in [0.25, 0.3) is 0 Å². The van der Waals surface area contributed by atoms with E-state index >= 15 is 0 Å². The number of fused-ring (bicyclic) bond motifs is 1. The number of benzene rings is 1. The predicted molar refractivity (Wildman–Crippen MR) is 118 cm³/mol. The normalized spacial score (nSPS) is 32.1. The van der Waals surface area contributed by atoms with E-state index in [1.807, 2.05) is 37.3 Å². The Morgan fingerprint density at radius 3 is 2.65 bits per heavy atom. The third-order valence-electron chi connectivity index (χ3n) is 8.41. The predicted octanol–water partition coefficient (Wildman–Crippen LogP) is 3.35. The summed E-state index contributed by atoms with van der Waals surface area (Å²) in [5.41, 5.74) is 0.552. The number of aliphatic hydroxyl groups excluding tert-OH is 1. The van der Waals surface area contributed by atoms with Crippen molar-refractivity contribution in [3.05, 3.63) is 35.9 Å². The molecule has 1 aromatic rings. The van der Waals surface area contributed by atoms with Gasteiger partial charge in [-0.1, -0.05) is 57.5 Å². The molecule has 1 heterocycles. The highest BCUT2D eigenvalue weighted by molar-refractivity contribution is 7.90. The van der Waals surface area contributed by atoms with E-state index < -0.39 is 28.0 Å². The van der Waals surface area contributed by atoms with E-state index in [1.54, 1.807) is 0 Å². The second-order valence-electron chi connectivity index (χ2n) is 10.2. The average molecular weight is 450 g/mol. The molecular weight excluding hydrogens is 414 g/mol. The van der Waals surface area contributed by atoms with Crippen LogP contribution in [0.4, 0.5) is 0 Å². The van der Waals surface area contributed by atoms with Gasteiger partial charge in [0, 0.05) is 5.41 Å². The van der Waals surface area contributed by atoms with Gasteiger partial charge in [-0.25, -0.2) is 12.7 Å². The lowest BCUT2D eigenvalue weighted by molar-refractivity contribution is -0.139. The van der Waals surface area contributed by atoms with Crippen LogP contribution in [0.15, 0.2) is 30.3 Å². The fourth-order valence-corrected chi connectivity index (χ4v) is 9.11. The van der Waals surface area contributed by atoms with Gasteiger partial charge in [-0.15, -0.1) is 0 Å². The van der Waals surface area contributed by atoms with Gasteiger partial charge in [0.15, 0.2) is 0 Å². The molecule has 7 heteroatoms. The molecule has 2 saturated carbocycles. The molecule has 3 fully saturated rings. The summed E-state index contributed by atoms with van der Waals surface area (Å²) in [7, 11) is -3.69. The molecule has 6 nitrogen and oxygen atoms in total. The van der Waals surface area contributed by atoms with Crippen LogP contribution in [0.25, 0.3) is 0 Å². The minimum absolute atomic E-state index is 0.00309. The van der Waals surface area contributed by atoms with Crippen LogP contribution in [-0.4, -0.2) is 48.2 Å². The van der Waals surface area contributed by atoms with Crippen LogP contribution in [0.3, 0.4) is 0 Å². The Hall–Kier alpha value is -1.44. The first kappa shape index (κ1) is 22.7. The maximum atomic E-state index is 13.6.